The van der Waals surface area contributed by atoms with Crippen LogP contribution in [0.3, 0.4) is 0 Å². The molecule has 0 atom stereocenters. The van der Waals surface area contributed by atoms with Crippen molar-refractivity contribution in [1.29, 1.82) is 5.26 Å². The molecule has 0 radical (unpaired) electrons. The maximum absolute atomic E-state index is 11.7. The maximum atomic E-state index is 11.7. The fourth-order valence-corrected chi connectivity index (χ4v) is 2.13. The molecule has 22 heavy (non-hydrogen) atoms. The molecule has 0 saturated carbocycles. The van der Waals surface area contributed by atoms with Gasteiger partial charge in [0.05, 0.1) is 6.07 Å². The summed E-state index contributed by atoms with van der Waals surface area (Å²) in [5, 5.41) is 21.9. The molecule has 0 bridgehead atoms. The first-order chi connectivity index (χ1) is 10.6. The smallest absolute Gasteiger partial charge is 0.415 e. The van der Waals surface area contributed by atoms with E-state index in [9.17, 15) is 9.59 Å². The number of benzene rings is 2. The number of nitriles is 1. The second-order valence-corrected chi connectivity index (χ2v) is 4.68. The fraction of sp³-hybridized carbons (Fsp3) is 0.188. The average molecular weight is 297 g/mol. The average Bonchev–Trinajstić information content (AvgIpc) is 2.52. The van der Waals surface area contributed by atoms with Crippen molar-refractivity contribution in [1.82, 2.24) is 10.2 Å². The van der Waals surface area contributed by atoms with Gasteiger partial charge in [-0.3, -0.25) is 0 Å². The zero-order valence-corrected chi connectivity index (χ0v) is 11.8. The van der Waals surface area contributed by atoms with Crippen molar-refractivity contribution in [3.63, 3.8) is 0 Å². The van der Waals surface area contributed by atoms with E-state index in [-0.39, 0.29) is 13.1 Å². The molecule has 6 nitrogen and oxygen atoms in total. The van der Waals surface area contributed by atoms with E-state index in [0.717, 1.165) is 16.3 Å². The van der Waals surface area contributed by atoms with Gasteiger partial charge in [-0.2, -0.15) is 5.26 Å². The summed E-state index contributed by atoms with van der Waals surface area (Å²) < 4.78 is 0. The Morgan fingerprint density at radius 3 is 2.59 bits per heavy atom. The van der Waals surface area contributed by atoms with Crippen molar-refractivity contribution in [2.24, 2.45) is 0 Å². The summed E-state index contributed by atoms with van der Waals surface area (Å²) in [6.45, 7) is -0.191. The Morgan fingerprint density at radius 1 is 1.18 bits per heavy atom. The fourth-order valence-electron chi connectivity index (χ4n) is 2.13. The van der Waals surface area contributed by atoms with Gasteiger partial charge < -0.3 is 10.4 Å². The van der Waals surface area contributed by atoms with Crippen LogP contribution in [0, 0.1) is 11.3 Å². The standard InChI is InChI=1S/C16H15N3O3/c17-8-9-18-15(20)19(16(21)22)10-7-12-5-6-13-3-1-2-4-14(13)11-12/h1-6,11H,7,9-10H2,(H,18,20)(H,21,22). The van der Waals surface area contributed by atoms with Gasteiger partial charge in [-0.25, -0.2) is 14.5 Å². The minimum atomic E-state index is -1.34. The number of hydrogen-bond donors (Lipinski definition) is 2. The number of carbonyl (C=O) groups excluding carboxylic acids is 1. The molecule has 112 valence electrons. The molecular formula is C16H15N3O3. The molecule has 0 aliphatic heterocycles. The second kappa shape index (κ2) is 7.09. The van der Waals surface area contributed by atoms with Crippen molar-refractivity contribution in [2.75, 3.05) is 13.1 Å². The number of fused-ring (bicyclic) bond motifs is 1. The molecule has 2 aromatic rings. The monoisotopic (exact) mass is 297 g/mol. The molecule has 0 unspecified atom stereocenters. The van der Waals surface area contributed by atoms with Crippen molar-refractivity contribution in [3.05, 3.63) is 48.0 Å². The zero-order valence-electron chi connectivity index (χ0n) is 11.8. The Morgan fingerprint density at radius 2 is 1.91 bits per heavy atom. The molecule has 2 aromatic carbocycles. The van der Waals surface area contributed by atoms with Crippen molar-refractivity contribution in [2.45, 2.75) is 6.42 Å². The largest absolute Gasteiger partial charge is 0.465 e. The van der Waals surface area contributed by atoms with E-state index in [1.54, 1.807) is 6.07 Å². The predicted molar refractivity (Wildman–Crippen MR) is 81.4 cm³/mol. The lowest BCUT2D eigenvalue weighted by molar-refractivity contribution is 0.148. The SMILES string of the molecule is N#CCNC(=O)N(CCc1ccc2ccccc2c1)C(=O)O. The van der Waals surface area contributed by atoms with Crippen LogP contribution in [0.15, 0.2) is 42.5 Å². The van der Waals surface area contributed by atoms with Gasteiger partial charge in [-0.1, -0.05) is 42.5 Å². The van der Waals surface area contributed by atoms with E-state index in [1.807, 2.05) is 42.5 Å². The van der Waals surface area contributed by atoms with Crippen molar-refractivity contribution < 1.29 is 14.7 Å². The molecule has 2 rings (SSSR count). The van der Waals surface area contributed by atoms with Crippen LogP contribution in [0.5, 0.6) is 0 Å². The van der Waals surface area contributed by atoms with Crippen LogP contribution >= 0.6 is 0 Å². The highest BCUT2D eigenvalue weighted by Gasteiger charge is 2.19. The molecule has 0 aliphatic rings. The van der Waals surface area contributed by atoms with Gasteiger partial charge in [0.25, 0.3) is 0 Å². The van der Waals surface area contributed by atoms with Crippen molar-refractivity contribution >= 4 is 22.9 Å². The number of imide groups is 1. The number of urea groups is 1. The number of amides is 3. The van der Waals surface area contributed by atoms with Crippen molar-refractivity contribution in [3.8, 4) is 6.07 Å². The number of carboxylic acid groups (broad SMARTS) is 1. The highest BCUT2D eigenvalue weighted by molar-refractivity contribution is 5.90. The van der Waals surface area contributed by atoms with Crippen LogP contribution in [0.25, 0.3) is 10.8 Å². The summed E-state index contributed by atoms with van der Waals surface area (Å²) in [6.07, 6.45) is -0.923. The molecule has 0 aliphatic carbocycles. The lowest BCUT2D eigenvalue weighted by atomic mass is 10.1. The van der Waals surface area contributed by atoms with Crippen LogP contribution in [-0.4, -0.2) is 35.2 Å². The Balaban J connectivity index is 2.06. The Bertz CT molecular complexity index is 737. The van der Waals surface area contributed by atoms with Gasteiger partial charge in [-0.15, -0.1) is 0 Å². The minimum absolute atomic E-state index is 0.0327. The van der Waals surface area contributed by atoms with E-state index in [1.165, 1.54) is 0 Å². The van der Waals surface area contributed by atoms with Crippen LogP contribution in [0.4, 0.5) is 9.59 Å². The first-order valence-electron chi connectivity index (χ1n) is 6.74. The highest BCUT2D eigenvalue weighted by atomic mass is 16.4. The highest BCUT2D eigenvalue weighted by Crippen LogP contribution is 2.16. The first-order valence-corrected chi connectivity index (χ1v) is 6.74. The number of carbonyl (C=O) groups is 2. The number of rotatable bonds is 4. The van der Waals surface area contributed by atoms with Crippen LogP contribution in [0.1, 0.15) is 5.56 Å². The summed E-state index contributed by atoms with van der Waals surface area (Å²) in [5.41, 5.74) is 0.943. The Hall–Kier alpha value is -3.07. The van der Waals surface area contributed by atoms with E-state index >= 15 is 0 Å². The third kappa shape index (κ3) is 3.73. The van der Waals surface area contributed by atoms with Crippen LogP contribution in [0.2, 0.25) is 0 Å². The quantitative estimate of drug-likeness (QED) is 0.848. The van der Waals surface area contributed by atoms with Gasteiger partial charge in [0.15, 0.2) is 0 Å². The van der Waals surface area contributed by atoms with Gasteiger partial charge in [0, 0.05) is 6.54 Å². The van der Waals surface area contributed by atoms with Gasteiger partial charge in [0.1, 0.15) is 6.54 Å². The van der Waals surface area contributed by atoms with Crippen LogP contribution in [-0.2, 0) is 6.42 Å². The minimum Gasteiger partial charge on any atom is -0.465 e. The van der Waals surface area contributed by atoms with Gasteiger partial charge in [-0.05, 0) is 22.8 Å². The summed E-state index contributed by atoms with van der Waals surface area (Å²) in [6, 6.07) is 14.7. The van der Waals surface area contributed by atoms with Gasteiger partial charge >= 0.3 is 12.1 Å². The topological polar surface area (TPSA) is 93.4 Å². The molecular weight excluding hydrogens is 282 g/mol. The summed E-state index contributed by atoms with van der Waals surface area (Å²) in [7, 11) is 0. The molecule has 0 heterocycles. The molecule has 6 heteroatoms. The molecule has 0 fully saturated rings. The number of nitrogens with one attached hydrogen (secondary N) is 1. The first kappa shape index (κ1) is 15.3. The lowest BCUT2D eigenvalue weighted by Gasteiger charge is -2.17. The second-order valence-electron chi connectivity index (χ2n) is 4.68. The summed E-state index contributed by atoms with van der Waals surface area (Å²) in [5.74, 6) is 0. The Kier molecular flexibility index (Phi) is 4.94. The van der Waals surface area contributed by atoms with E-state index in [2.05, 4.69) is 5.32 Å². The lowest BCUT2D eigenvalue weighted by Crippen LogP contribution is -2.44. The summed E-state index contributed by atoms with van der Waals surface area (Å²) in [4.78, 5) is 23.5. The third-order valence-corrected chi connectivity index (χ3v) is 3.23. The molecule has 0 aromatic heterocycles. The molecule has 3 amide bonds. The normalized spacial score (nSPS) is 9.95. The third-order valence-electron chi connectivity index (χ3n) is 3.23. The van der Waals surface area contributed by atoms with Crippen LogP contribution < -0.4 is 5.32 Å². The predicted octanol–water partition coefficient (Wildman–Crippen LogP) is 2.60. The zero-order chi connectivity index (χ0) is 15.9. The molecule has 0 spiro atoms. The van der Waals surface area contributed by atoms with Gasteiger partial charge in [0.2, 0.25) is 0 Å². The number of nitrogens with zero attached hydrogens (tertiary/aromatic N) is 2. The maximum Gasteiger partial charge on any atom is 0.415 e. The Labute approximate surface area is 127 Å². The van der Waals surface area contributed by atoms with E-state index in [0.29, 0.717) is 11.3 Å². The van der Waals surface area contributed by atoms with E-state index < -0.39 is 12.1 Å². The van der Waals surface area contributed by atoms with E-state index in [4.69, 9.17) is 10.4 Å². The molecule has 0 saturated heterocycles. The molecule has 2 N–H and O–H groups in total. The summed E-state index contributed by atoms with van der Waals surface area (Å²) >= 11 is 0. The number of hydrogen-bond acceptors (Lipinski definition) is 3.